The standard InChI is InChI=1S/C17H27N3O3/c1-3-23-17(21)11-19-15-9-8-14(22-2)10-16(15)20-13-6-4-12(18)5-7-13/h8-10,12-13,19-20H,3-7,11,18H2,1-2H3. The number of carbonyl (C=O) groups is 1. The van der Waals surface area contributed by atoms with Crippen LogP contribution in [-0.2, 0) is 9.53 Å². The van der Waals surface area contributed by atoms with Crippen LogP contribution in [0.25, 0.3) is 0 Å². The molecule has 1 aromatic carbocycles. The van der Waals surface area contributed by atoms with E-state index in [1.807, 2.05) is 18.2 Å². The van der Waals surface area contributed by atoms with E-state index in [0.29, 0.717) is 18.7 Å². The number of nitrogens with two attached hydrogens (primary N) is 1. The maximum absolute atomic E-state index is 11.5. The van der Waals surface area contributed by atoms with Gasteiger partial charge in [0.1, 0.15) is 12.3 Å². The van der Waals surface area contributed by atoms with Gasteiger partial charge in [-0.25, -0.2) is 0 Å². The summed E-state index contributed by atoms with van der Waals surface area (Å²) in [5.41, 5.74) is 7.77. The second-order valence-corrected chi connectivity index (χ2v) is 5.83. The Morgan fingerprint density at radius 1 is 1.26 bits per heavy atom. The Kier molecular flexibility index (Phi) is 6.52. The molecule has 1 aromatic rings. The molecule has 6 heteroatoms. The van der Waals surface area contributed by atoms with E-state index in [9.17, 15) is 4.79 Å². The molecule has 0 aromatic heterocycles. The summed E-state index contributed by atoms with van der Waals surface area (Å²) in [7, 11) is 1.64. The minimum Gasteiger partial charge on any atom is -0.497 e. The normalized spacial score (nSPS) is 20.7. The van der Waals surface area contributed by atoms with Crippen molar-refractivity contribution in [2.24, 2.45) is 5.73 Å². The number of esters is 1. The Labute approximate surface area is 137 Å². The third-order valence-electron chi connectivity index (χ3n) is 4.09. The summed E-state index contributed by atoms with van der Waals surface area (Å²) in [6, 6.07) is 6.44. The summed E-state index contributed by atoms with van der Waals surface area (Å²) < 4.78 is 10.3. The molecule has 0 amide bonds. The van der Waals surface area contributed by atoms with E-state index in [1.54, 1.807) is 14.0 Å². The second-order valence-electron chi connectivity index (χ2n) is 5.83. The van der Waals surface area contributed by atoms with Crippen LogP contribution in [0.2, 0.25) is 0 Å². The lowest BCUT2D eigenvalue weighted by molar-refractivity contribution is -0.140. The number of hydrogen-bond acceptors (Lipinski definition) is 6. The molecule has 1 aliphatic carbocycles. The first-order chi connectivity index (χ1) is 11.1. The Bertz CT molecular complexity index is 514. The van der Waals surface area contributed by atoms with Gasteiger partial charge < -0.3 is 25.8 Å². The molecule has 6 nitrogen and oxygen atoms in total. The van der Waals surface area contributed by atoms with Crippen LogP contribution in [0.15, 0.2) is 18.2 Å². The Morgan fingerprint density at radius 3 is 2.65 bits per heavy atom. The van der Waals surface area contributed by atoms with Crippen LogP contribution >= 0.6 is 0 Å². The van der Waals surface area contributed by atoms with Crippen LogP contribution in [0.1, 0.15) is 32.6 Å². The number of hydrogen-bond donors (Lipinski definition) is 3. The van der Waals surface area contributed by atoms with Gasteiger partial charge in [-0.2, -0.15) is 0 Å². The van der Waals surface area contributed by atoms with Crippen molar-refractivity contribution < 1.29 is 14.3 Å². The van der Waals surface area contributed by atoms with E-state index in [1.165, 1.54) is 0 Å². The van der Waals surface area contributed by atoms with Gasteiger partial charge in [-0.05, 0) is 44.7 Å². The van der Waals surface area contributed by atoms with Gasteiger partial charge in [-0.1, -0.05) is 0 Å². The minimum absolute atomic E-state index is 0.143. The molecule has 2 rings (SSSR count). The molecular weight excluding hydrogens is 294 g/mol. The average Bonchev–Trinajstić information content (AvgIpc) is 2.56. The Balaban J connectivity index is 2.03. The molecule has 0 unspecified atom stereocenters. The Hall–Kier alpha value is -1.95. The summed E-state index contributed by atoms with van der Waals surface area (Å²) in [6.07, 6.45) is 4.17. The van der Waals surface area contributed by atoms with Crippen LogP contribution in [0, 0.1) is 0 Å². The fourth-order valence-corrected chi connectivity index (χ4v) is 2.79. The monoisotopic (exact) mass is 321 g/mol. The molecule has 1 saturated carbocycles. The third-order valence-corrected chi connectivity index (χ3v) is 4.09. The average molecular weight is 321 g/mol. The van der Waals surface area contributed by atoms with Gasteiger partial charge >= 0.3 is 5.97 Å². The smallest absolute Gasteiger partial charge is 0.325 e. The molecule has 128 valence electrons. The van der Waals surface area contributed by atoms with Crippen molar-refractivity contribution in [3.8, 4) is 5.75 Å². The van der Waals surface area contributed by atoms with Crippen LogP contribution < -0.4 is 21.1 Å². The fourth-order valence-electron chi connectivity index (χ4n) is 2.79. The van der Waals surface area contributed by atoms with E-state index >= 15 is 0 Å². The van der Waals surface area contributed by atoms with E-state index in [2.05, 4.69) is 10.6 Å². The van der Waals surface area contributed by atoms with E-state index in [-0.39, 0.29) is 12.5 Å². The lowest BCUT2D eigenvalue weighted by atomic mass is 9.91. The number of benzene rings is 1. The van der Waals surface area contributed by atoms with Gasteiger partial charge in [0.05, 0.1) is 25.1 Å². The molecule has 0 saturated heterocycles. The number of nitrogens with one attached hydrogen (secondary N) is 2. The summed E-state index contributed by atoms with van der Waals surface area (Å²) in [6.45, 7) is 2.33. The highest BCUT2D eigenvalue weighted by Crippen LogP contribution is 2.30. The topological polar surface area (TPSA) is 85.6 Å². The highest BCUT2D eigenvalue weighted by atomic mass is 16.5. The van der Waals surface area contributed by atoms with Crippen molar-refractivity contribution in [2.75, 3.05) is 30.9 Å². The number of rotatable bonds is 7. The summed E-state index contributed by atoms with van der Waals surface area (Å²) in [5, 5.41) is 6.68. The van der Waals surface area contributed by atoms with Crippen molar-refractivity contribution in [1.29, 1.82) is 0 Å². The van der Waals surface area contributed by atoms with Gasteiger partial charge in [-0.3, -0.25) is 4.79 Å². The van der Waals surface area contributed by atoms with E-state index in [0.717, 1.165) is 42.8 Å². The van der Waals surface area contributed by atoms with Gasteiger partial charge in [0, 0.05) is 18.2 Å². The molecule has 0 atom stereocenters. The molecule has 0 radical (unpaired) electrons. The van der Waals surface area contributed by atoms with E-state index in [4.69, 9.17) is 15.2 Å². The lowest BCUT2D eigenvalue weighted by Gasteiger charge is -2.28. The zero-order chi connectivity index (χ0) is 16.7. The van der Waals surface area contributed by atoms with Crippen LogP contribution in [0.4, 0.5) is 11.4 Å². The summed E-state index contributed by atoms with van der Waals surface area (Å²) in [4.78, 5) is 11.5. The SMILES string of the molecule is CCOC(=O)CNc1ccc(OC)cc1NC1CCC(N)CC1. The molecule has 0 spiro atoms. The highest BCUT2D eigenvalue weighted by Gasteiger charge is 2.19. The van der Waals surface area contributed by atoms with Gasteiger partial charge in [0.25, 0.3) is 0 Å². The molecule has 0 aliphatic heterocycles. The highest BCUT2D eigenvalue weighted by molar-refractivity contribution is 5.79. The first kappa shape index (κ1) is 17.4. The van der Waals surface area contributed by atoms with Gasteiger partial charge in [-0.15, -0.1) is 0 Å². The molecule has 4 N–H and O–H groups in total. The van der Waals surface area contributed by atoms with Crippen molar-refractivity contribution in [3.05, 3.63) is 18.2 Å². The zero-order valence-corrected chi connectivity index (χ0v) is 13.9. The largest absolute Gasteiger partial charge is 0.497 e. The Morgan fingerprint density at radius 2 is 2.00 bits per heavy atom. The first-order valence-electron chi connectivity index (χ1n) is 8.22. The van der Waals surface area contributed by atoms with Crippen molar-refractivity contribution in [3.63, 3.8) is 0 Å². The number of methoxy groups -OCH3 is 1. The second kappa shape index (κ2) is 8.62. The molecule has 0 heterocycles. The van der Waals surface area contributed by atoms with Crippen molar-refractivity contribution >= 4 is 17.3 Å². The predicted molar refractivity (Wildman–Crippen MR) is 92.0 cm³/mol. The molecule has 1 fully saturated rings. The van der Waals surface area contributed by atoms with Crippen molar-refractivity contribution in [2.45, 2.75) is 44.7 Å². The van der Waals surface area contributed by atoms with Crippen molar-refractivity contribution in [1.82, 2.24) is 0 Å². The first-order valence-corrected chi connectivity index (χ1v) is 8.22. The molecular formula is C17H27N3O3. The number of ether oxygens (including phenoxy) is 2. The van der Waals surface area contributed by atoms with Crippen LogP contribution in [0.5, 0.6) is 5.75 Å². The molecule has 1 aliphatic rings. The predicted octanol–water partition coefficient (Wildman–Crippen LogP) is 2.35. The van der Waals surface area contributed by atoms with E-state index < -0.39 is 0 Å². The summed E-state index contributed by atoms with van der Waals surface area (Å²) in [5.74, 6) is 0.514. The minimum atomic E-state index is -0.266. The summed E-state index contributed by atoms with van der Waals surface area (Å²) >= 11 is 0. The van der Waals surface area contributed by atoms with Crippen LogP contribution in [-0.4, -0.2) is 38.3 Å². The quantitative estimate of drug-likeness (QED) is 0.668. The van der Waals surface area contributed by atoms with Gasteiger partial charge in [0.15, 0.2) is 0 Å². The van der Waals surface area contributed by atoms with Gasteiger partial charge in [0.2, 0.25) is 0 Å². The number of carbonyl (C=O) groups excluding carboxylic acids is 1. The zero-order valence-electron chi connectivity index (χ0n) is 13.9. The lowest BCUT2D eigenvalue weighted by Crippen LogP contribution is -2.33. The fraction of sp³-hybridized carbons (Fsp3) is 0.588. The number of anilines is 2. The maximum atomic E-state index is 11.5. The molecule has 23 heavy (non-hydrogen) atoms. The van der Waals surface area contributed by atoms with Crippen LogP contribution in [0.3, 0.4) is 0 Å². The molecule has 0 bridgehead atoms. The maximum Gasteiger partial charge on any atom is 0.325 e. The third kappa shape index (κ3) is 5.32.